The van der Waals surface area contributed by atoms with Crippen LogP contribution >= 0.6 is 0 Å². The molecule has 100 valence electrons. The first-order valence-electron chi connectivity index (χ1n) is 6.94. The van der Waals surface area contributed by atoms with Gasteiger partial charge in [0, 0.05) is 25.2 Å². The van der Waals surface area contributed by atoms with Gasteiger partial charge in [0.25, 0.3) is 0 Å². The van der Waals surface area contributed by atoms with Gasteiger partial charge in [0.2, 0.25) is 0 Å². The zero-order chi connectivity index (χ0) is 13.0. The summed E-state index contributed by atoms with van der Waals surface area (Å²) in [7, 11) is 0. The van der Waals surface area contributed by atoms with Gasteiger partial charge in [0.05, 0.1) is 12.3 Å². The van der Waals surface area contributed by atoms with Crippen LogP contribution in [0.3, 0.4) is 0 Å². The van der Waals surface area contributed by atoms with E-state index in [1.165, 1.54) is 12.1 Å². The molecule has 0 aromatic heterocycles. The number of anilines is 1. The van der Waals surface area contributed by atoms with Gasteiger partial charge >= 0.3 is 0 Å². The highest BCUT2D eigenvalue weighted by atomic mass is 16.5. The summed E-state index contributed by atoms with van der Waals surface area (Å²) in [6.45, 7) is 9.39. The fraction of sp³-hybridized carbons (Fsp3) is 0.600. The molecule has 1 saturated heterocycles. The van der Waals surface area contributed by atoms with Crippen molar-refractivity contribution >= 4 is 5.69 Å². The topological polar surface area (TPSA) is 24.5 Å². The maximum absolute atomic E-state index is 5.74. The van der Waals surface area contributed by atoms with Crippen molar-refractivity contribution in [1.82, 2.24) is 5.32 Å². The van der Waals surface area contributed by atoms with Crippen molar-refractivity contribution in [3.05, 3.63) is 24.3 Å². The first-order valence-corrected chi connectivity index (χ1v) is 6.94. The maximum Gasteiger partial charge on any atom is 0.142 e. The molecule has 1 N–H and O–H groups in total. The number of benzene rings is 1. The molecule has 0 amide bonds. The Balaban J connectivity index is 2.23. The van der Waals surface area contributed by atoms with Gasteiger partial charge in [-0.3, -0.25) is 0 Å². The predicted octanol–water partition coefficient (Wildman–Crippen LogP) is 2.66. The molecule has 0 saturated carbocycles. The minimum absolute atomic E-state index is 0.497. The summed E-state index contributed by atoms with van der Waals surface area (Å²) in [5, 5.41) is 3.56. The number of para-hydroxylation sites is 2. The molecule has 0 aliphatic carbocycles. The van der Waals surface area contributed by atoms with Crippen molar-refractivity contribution in [2.75, 3.05) is 24.6 Å². The lowest BCUT2D eigenvalue weighted by molar-refractivity contribution is 0.339. The van der Waals surface area contributed by atoms with Crippen molar-refractivity contribution in [2.45, 2.75) is 39.3 Å². The zero-order valence-electron chi connectivity index (χ0n) is 11.6. The lowest BCUT2D eigenvalue weighted by atomic mass is 10.2. The highest BCUT2D eigenvalue weighted by Gasteiger charge is 2.22. The number of nitrogens with one attached hydrogen (secondary N) is 1. The van der Waals surface area contributed by atoms with E-state index in [0.29, 0.717) is 18.7 Å². The largest absolute Gasteiger partial charge is 0.492 e. The highest BCUT2D eigenvalue weighted by Crippen LogP contribution is 2.30. The lowest BCUT2D eigenvalue weighted by Crippen LogP contribution is -2.38. The molecular weight excluding hydrogens is 224 g/mol. The van der Waals surface area contributed by atoms with Crippen LogP contribution in [0.5, 0.6) is 5.75 Å². The van der Waals surface area contributed by atoms with Crippen LogP contribution in [0.2, 0.25) is 0 Å². The van der Waals surface area contributed by atoms with E-state index in [2.05, 4.69) is 42.3 Å². The summed E-state index contributed by atoms with van der Waals surface area (Å²) < 4.78 is 5.74. The number of hydrogen-bond donors (Lipinski definition) is 1. The lowest BCUT2D eigenvalue weighted by Gasteiger charge is -2.30. The molecule has 2 unspecified atom stereocenters. The molecule has 1 fully saturated rings. The van der Waals surface area contributed by atoms with Crippen LogP contribution in [-0.4, -0.2) is 31.8 Å². The Hall–Kier alpha value is -1.22. The third-order valence-electron chi connectivity index (χ3n) is 3.57. The molecule has 3 nitrogen and oxygen atoms in total. The molecule has 2 atom stereocenters. The van der Waals surface area contributed by atoms with Crippen LogP contribution < -0.4 is 15.0 Å². The Morgan fingerprint density at radius 2 is 2.11 bits per heavy atom. The van der Waals surface area contributed by atoms with Crippen LogP contribution in [0.4, 0.5) is 5.69 Å². The monoisotopic (exact) mass is 248 g/mol. The highest BCUT2D eigenvalue weighted by molar-refractivity contribution is 5.59. The summed E-state index contributed by atoms with van der Waals surface area (Å²) in [4.78, 5) is 2.46. The summed E-state index contributed by atoms with van der Waals surface area (Å²) in [5.74, 6) is 1.00. The third-order valence-corrected chi connectivity index (χ3v) is 3.57. The number of nitrogens with zero attached hydrogens (tertiary/aromatic N) is 1. The minimum atomic E-state index is 0.497. The van der Waals surface area contributed by atoms with Crippen molar-refractivity contribution in [3.63, 3.8) is 0 Å². The second-order valence-corrected chi connectivity index (χ2v) is 5.04. The van der Waals surface area contributed by atoms with E-state index in [-0.39, 0.29) is 0 Å². The first-order chi connectivity index (χ1) is 8.72. The van der Waals surface area contributed by atoms with Gasteiger partial charge in [0.15, 0.2) is 0 Å². The Labute approximate surface area is 110 Å². The molecule has 1 aromatic rings. The molecule has 1 aromatic carbocycles. The van der Waals surface area contributed by atoms with Crippen molar-refractivity contribution in [1.29, 1.82) is 0 Å². The third kappa shape index (κ3) is 2.96. The van der Waals surface area contributed by atoms with Crippen LogP contribution in [0, 0.1) is 0 Å². The van der Waals surface area contributed by atoms with E-state index in [0.717, 1.165) is 18.8 Å². The summed E-state index contributed by atoms with van der Waals surface area (Å²) in [6, 6.07) is 9.45. The van der Waals surface area contributed by atoms with Gasteiger partial charge in [0.1, 0.15) is 5.75 Å². The molecule has 0 spiro atoms. The number of hydrogen-bond acceptors (Lipinski definition) is 3. The number of ether oxygens (including phenoxy) is 1. The SMILES string of the molecule is CCOc1ccccc1N1CCC(C)NCC1C. The van der Waals surface area contributed by atoms with Crippen LogP contribution in [0.15, 0.2) is 24.3 Å². The molecule has 0 bridgehead atoms. The average Bonchev–Trinajstić information content (AvgIpc) is 2.54. The van der Waals surface area contributed by atoms with Crippen molar-refractivity contribution in [2.24, 2.45) is 0 Å². The normalized spacial score (nSPS) is 24.7. The Bertz CT molecular complexity index is 381. The zero-order valence-corrected chi connectivity index (χ0v) is 11.6. The van der Waals surface area contributed by atoms with E-state index in [1.807, 2.05) is 13.0 Å². The van der Waals surface area contributed by atoms with E-state index in [1.54, 1.807) is 0 Å². The number of rotatable bonds is 3. The van der Waals surface area contributed by atoms with Gasteiger partial charge in [-0.05, 0) is 39.3 Å². The van der Waals surface area contributed by atoms with E-state index >= 15 is 0 Å². The Morgan fingerprint density at radius 1 is 1.33 bits per heavy atom. The molecule has 2 rings (SSSR count). The van der Waals surface area contributed by atoms with Crippen LogP contribution in [-0.2, 0) is 0 Å². The molecule has 1 aliphatic rings. The standard InChI is InChI=1S/C15H24N2O/c1-4-18-15-8-6-5-7-14(15)17-10-9-12(2)16-11-13(17)3/h5-8,12-13,16H,4,9-11H2,1-3H3. The van der Waals surface area contributed by atoms with Crippen molar-refractivity contribution < 1.29 is 4.74 Å². The van der Waals surface area contributed by atoms with Gasteiger partial charge in [-0.15, -0.1) is 0 Å². The summed E-state index contributed by atoms with van der Waals surface area (Å²) in [6.07, 6.45) is 1.17. The van der Waals surface area contributed by atoms with Crippen LogP contribution in [0.25, 0.3) is 0 Å². The second-order valence-electron chi connectivity index (χ2n) is 5.04. The molecule has 1 aliphatic heterocycles. The molecule has 18 heavy (non-hydrogen) atoms. The summed E-state index contributed by atoms with van der Waals surface area (Å²) in [5.41, 5.74) is 1.22. The van der Waals surface area contributed by atoms with Gasteiger partial charge < -0.3 is 15.0 Å². The first kappa shape index (κ1) is 13.2. The molecular formula is C15H24N2O. The molecule has 1 heterocycles. The average molecular weight is 248 g/mol. The van der Waals surface area contributed by atoms with Crippen LogP contribution in [0.1, 0.15) is 27.2 Å². The van der Waals surface area contributed by atoms with E-state index < -0.39 is 0 Å². The quantitative estimate of drug-likeness (QED) is 0.890. The fourth-order valence-electron chi connectivity index (χ4n) is 2.47. The Kier molecular flexibility index (Phi) is 4.48. The van der Waals surface area contributed by atoms with Gasteiger partial charge in [-0.2, -0.15) is 0 Å². The van der Waals surface area contributed by atoms with E-state index in [9.17, 15) is 0 Å². The van der Waals surface area contributed by atoms with Gasteiger partial charge in [-0.1, -0.05) is 12.1 Å². The van der Waals surface area contributed by atoms with Gasteiger partial charge in [-0.25, -0.2) is 0 Å². The molecule has 3 heteroatoms. The second kappa shape index (κ2) is 6.10. The Morgan fingerprint density at radius 3 is 2.89 bits per heavy atom. The predicted molar refractivity (Wildman–Crippen MR) is 76.5 cm³/mol. The maximum atomic E-state index is 5.74. The fourth-order valence-corrected chi connectivity index (χ4v) is 2.47. The van der Waals surface area contributed by atoms with Crippen molar-refractivity contribution in [3.8, 4) is 5.75 Å². The summed E-state index contributed by atoms with van der Waals surface area (Å²) >= 11 is 0. The minimum Gasteiger partial charge on any atom is -0.492 e. The molecule has 0 radical (unpaired) electrons. The van der Waals surface area contributed by atoms with E-state index in [4.69, 9.17) is 4.74 Å². The smallest absolute Gasteiger partial charge is 0.142 e.